The normalized spacial score (nSPS) is 10.8. The first-order valence-electron chi connectivity index (χ1n) is 7.09. The molecule has 1 heterocycles. The Kier molecular flexibility index (Phi) is 4.35. The molecule has 0 saturated carbocycles. The van der Waals surface area contributed by atoms with E-state index in [0.717, 1.165) is 16.9 Å². The molecule has 24 heavy (non-hydrogen) atoms. The van der Waals surface area contributed by atoms with E-state index in [1.807, 2.05) is 25.1 Å². The topological polar surface area (TPSA) is 59.4 Å². The van der Waals surface area contributed by atoms with Crippen molar-refractivity contribution in [2.24, 2.45) is 0 Å². The summed E-state index contributed by atoms with van der Waals surface area (Å²) in [5.74, 6) is -0.310. The predicted octanol–water partition coefficient (Wildman–Crippen LogP) is 5.22. The molecule has 3 rings (SSSR count). The van der Waals surface area contributed by atoms with Crippen LogP contribution in [-0.2, 0) is 0 Å². The van der Waals surface area contributed by atoms with Crippen molar-refractivity contribution >= 4 is 40.1 Å². The number of carboxylic acids is 1. The van der Waals surface area contributed by atoms with Crippen molar-refractivity contribution in [3.05, 3.63) is 57.6 Å². The number of benzene rings is 2. The molecule has 2 aromatic carbocycles. The van der Waals surface area contributed by atoms with Crippen molar-refractivity contribution in [3.63, 3.8) is 0 Å². The van der Waals surface area contributed by atoms with Gasteiger partial charge in [-0.15, -0.1) is 0 Å². The van der Waals surface area contributed by atoms with Crippen LogP contribution in [0.3, 0.4) is 0 Å². The van der Waals surface area contributed by atoms with Crippen molar-refractivity contribution in [2.45, 2.75) is 6.92 Å². The van der Waals surface area contributed by atoms with Gasteiger partial charge in [0.15, 0.2) is 0 Å². The van der Waals surface area contributed by atoms with Crippen LogP contribution < -0.4 is 4.74 Å². The first kappa shape index (κ1) is 16.6. The number of aromatic carboxylic acids is 1. The fourth-order valence-corrected chi connectivity index (χ4v) is 3.15. The van der Waals surface area contributed by atoms with Crippen LogP contribution in [0.4, 0.5) is 0 Å². The van der Waals surface area contributed by atoms with Gasteiger partial charge in [-0.1, -0.05) is 23.2 Å². The van der Waals surface area contributed by atoms with Gasteiger partial charge in [-0.3, -0.25) is 0 Å². The Morgan fingerprint density at radius 1 is 1.17 bits per heavy atom. The standard InChI is InChI=1S/C18H13Cl2NO3/c1-9-5-10(3-4-16(9)24-2)15-8-13(18(22)23)12-6-11(19)7-14(20)17(12)21-15/h3-8H,1-2H3,(H,22,23). The number of aromatic nitrogens is 1. The molecule has 1 N–H and O–H groups in total. The molecule has 0 radical (unpaired) electrons. The summed E-state index contributed by atoms with van der Waals surface area (Å²) in [6.45, 7) is 1.91. The zero-order valence-electron chi connectivity index (χ0n) is 12.9. The van der Waals surface area contributed by atoms with Crippen LogP contribution in [0.15, 0.2) is 36.4 Å². The molecule has 0 amide bonds. The van der Waals surface area contributed by atoms with E-state index in [1.165, 1.54) is 6.07 Å². The number of ether oxygens (including phenoxy) is 1. The molecule has 4 nitrogen and oxygen atoms in total. The molecule has 0 aliphatic carbocycles. The zero-order chi connectivity index (χ0) is 17.4. The summed E-state index contributed by atoms with van der Waals surface area (Å²) >= 11 is 12.2. The average molecular weight is 362 g/mol. The third-order valence-electron chi connectivity index (χ3n) is 3.75. The molecular formula is C18H13Cl2NO3. The van der Waals surface area contributed by atoms with Crippen LogP contribution in [0, 0.1) is 6.92 Å². The van der Waals surface area contributed by atoms with Crippen molar-refractivity contribution in [1.29, 1.82) is 0 Å². The summed E-state index contributed by atoms with van der Waals surface area (Å²) < 4.78 is 5.25. The van der Waals surface area contributed by atoms with Crippen molar-refractivity contribution in [2.75, 3.05) is 7.11 Å². The van der Waals surface area contributed by atoms with Crippen molar-refractivity contribution in [3.8, 4) is 17.0 Å². The number of hydrogen-bond donors (Lipinski definition) is 1. The second-order valence-electron chi connectivity index (χ2n) is 5.33. The largest absolute Gasteiger partial charge is 0.496 e. The van der Waals surface area contributed by atoms with E-state index in [9.17, 15) is 9.90 Å². The maximum absolute atomic E-state index is 11.7. The van der Waals surface area contributed by atoms with Gasteiger partial charge in [0.2, 0.25) is 0 Å². The average Bonchev–Trinajstić information content (AvgIpc) is 2.53. The van der Waals surface area contributed by atoms with Gasteiger partial charge >= 0.3 is 5.97 Å². The minimum atomic E-state index is -1.06. The van der Waals surface area contributed by atoms with Crippen molar-refractivity contribution in [1.82, 2.24) is 4.98 Å². The van der Waals surface area contributed by atoms with Gasteiger partial charge in [0.05, 0.1) is 28.9 Å². The van der Waals surface area contributed by atoms with Gasteiger partial charge in [-0.25, -0.2) is 9.78 Å². The Bertz CT molecular complexity index is 970. The van der Waals surface area contributed by atoms with Crippen LogP contribution in [0.2, 0.25) is 10.0 Å². The maximum atomic E-state index is 11.7. The SMILES string of the molecule is COc1ccc(-c2cc(C(=O)O)c3cc(Cl)cc(Cl)c3n2)cc1C. The highest BCUT2D eigenvalue weighted by Gasteiger charge is 2.16. The minimum absolute atomic E-state index is 0.105. The second-order valence-corrected chi connectivity index (χ2v) is 6.17. The number of rotatable bonds is 3. The molecule has 0 aliphatic heterocycles. The molecule has 0 atom stereocenters. The molecule has 0 saturated heterocycles. The molecule has 0 aliphatic rings. The van der Waals surface area contributed by atoms with Gasteiger partial charge in [-0.05, 0) is 48.9 Å². The Morgan fingerprint density at radius 2 is 1.92 bits per heavy atom. The number of aryl methyl sites for hydroxylation is 1. The summed E-state index contributed by atoms with van der Waals surface area (Å²) in [4.78, 5) is 16.2. The summed E-state index contributed by atoms with van der Waals surface area (Å²) in [5.41, 5.74) is 2.74. The molecule has 0 bridgehead atoms. The summed E-state index contributed by atoms with van der Waals surface area (Å²) in [7, 11) is 1.60. The van der Waals surface area contributed by atoms with Gasteiger partial charge in [0.25, 0.3) is 0 Å². The quantitative estimate of drug-likeness (QED) is 0.694. The van der Waals surface area contributed by atoms with Gasteiger partial charge in [-0.2, -0.15) is 0 Å². The number of methoxy groups -OCH3 is 1. The van der Waals surface area contributed by atoms with E-state index in [4.69, 9.17) is 27.9 Å². The monoisotopic (exact) mass is 361 g/mol. The van der Waals surface area contributed by atoms with Crippen LogP contribution in [0.25, 0.3) is 22.2 Å². The summed E-state index contributed by atoms with van der Waals surface area (Å²) in [6.07, 6.45) is 0. The lowest BCUT2D eigenvalue weighted by molar-refractivity contribution is 0.0699. The van der Waals surface area contributed by atoms with E-state index in [-0.39, 0.29) is 5.56 Å². The molecule has 3 aromatic rings. The minimum Gasteiger partial charge on any atom is -0.496 e. The fourth-order valence-electron chi connectivity index (χ4n) is 2.61. The smallest absolute Gasteiger partial charge is 0.336 e. The third-order valence-corrected chi connectivity index (χ3v) is 4.26. The van der Waals surface area contributed by atoms with Crippen molar-refractivity contribution < 1.29 is 14.6 Å². The number of carbonyl (C=O) groups is 1. The molecule has 0 unspecified atom stereocenters. The maximum Gasteiger partial charge on any atom is 0.336 e. The Morgan fingerprint density at radius 3 is 2.54 bits per heavy atom. The number of pyridine rings is 1. The fraction of sp³-hybridized carbons (Fsp3) is 0.111. The van der Waals surface area contributed by atoms with Crippen LogP contribution in [-0.4, -0.2) is 23.2 Å². The number of halogens is 2. The summed E-state index contributed by atoms with van der Waals surface area (Å²) in [5, 5.41) is 10.6. The number of carboxylic acid groups (broad SMARTS) is 1. The van der Waals surface area contributed by atoms with Crippen LogP contribution in [0.1, 0.15) is 15.9 Å². The van der Waals surface area contributed by atoms with Crippen LogP contribution >= 0.6 is 23.2 Å². The lowest BCUT2D eigenvalue weighted by Gasteiger charge is -2.11. The van der Waals surface area contributed by atoms with E-state index in [1.54, 1.807) is 19.2 Å². The Balaban J connectivity index is 2.30. The van der Waals surface area contributed by atoms with Gasteiger partial charge < -0.3 is 9.84 Å². The van der Waals surface area contributed by atoms with Gasteiger partial charge in [0, 0.05) is 16.0 Å². The highest BCUT2D eigenvalue weighted by Crippen LogP contribution is 2.33. The molecule has 0 spiro atoms. The third kappa shape index (κ3) is 2.90. The van der Waals surface area contributed by atoms with E-state index in [2.05, 4.69) is 4.98 Å². The number of hydrogen-bond acceptors (Lipinski definition) is 3. The molecule has 0 fully saturated rings. The van der Waals surface area contributed by atoms with E-state index in [0.29, 0.717) is 26.6 Å². The zero-order valence-corrected chi connectivity index (χ0v) is 14.4. The number of nitrogens with zero attached hydrogens (tertiary/aromatic N) is 1. The molecule has 6 heteroatoms. The first-order valence-corrected chi connectivity index (χ1v) is 7.84. The first-order chi connectivity index (χ1) is 11.4. The van der Waals surface area contributed by atoms with E-state index >= 15 is 0 Å². The number of fused-ring (bicyclic) bond motifs is 1. The lowest BCUT2D eigenvalue weighted by Crippen LogP contribution is -2.01. The second kappa shape index (κ2) is 6.30. The Labute approximate surface area is 148 Å². The predicted molar refractivity (Wildman–Crippen MR) is 95.4 cm³/mol. The molecule has 122 valence electrons. The molecular weight excluding hydrogens is 349 g/mol. The molecule has 1 aromatic heterocycles. The van der Waals surface area contributed by atoms with Gasteiger partial charge in [0.1, 0.15) is 5.75 Å². The highest BCUT2D eigenvalue weighted by atomic mass is 35.5. The summed E-state index contributed by atoms with van der Waals surface area (Å²) in [6, 6.07) is 10.2. The lowest BCUT2D eigenvalue weighted by atomic mass is 10.0. The van der Waals surface area contributed by atoms with E-state index < -0.39 is 5.97 Å². The highest BCUT2D eigenvalue weighted by molar-refractivity contribution is 6.38. The van der Waals surface area contributed by atoms with Crippen LogP contribution in [0.5, 0.6) is 5.75 Å². The Hall–Kier alpha value is -2.30.